The molecule has 0 amide bonds. The SMILES string of the molecule is CC1(C)c2ccccc2-c2cc(-c3ccccc3Nc3ccc(-c4cccc5c4oc4c6ccccc6ccc54)cc3)ccc21. The van der Waals surface area contributed by atoms with Crippen molar-refractivity contribution in [2.75, 3.05) is 5.32 Å². The molecule has 1 aromatic heterocycles. The van der Waals surface area contributed by atoms with Crippen LogP contribution in [-0.2, 0) is 5.41 Å². The van der Waals surface area contributed by atoms with E-state index < -0.39 is 0 Å². The molecule has 0 unspecified atom stereocenters. The summed E-state index contributed by atoms with van der Waals surface area (Å²) in [7, 11) is 0. The molecule has 0 fully saturated rings. The van der Waals surface area contributed by atoms with E-state index in [4.69, 9.17) is 4.42 Å². The van der Waals surface area contributed by atoms with Crippen LogP contribution in [0.4, 0.5) is 11.4 Å². The molecular weight excluding hydrogens is 546 g/mol. The summed E-state index contributed by atoms with van der Waals surface area (Å²) >= 11 is 0. The predicted octanol–water partition coefficient (Wildman–Crippen LogP) is 12.1. The number of hydrogen-bond acceptors (Lipinski definition) is 2. The summed E-state index contributed by atoms with van der Waals surface area (Å²) in [5.41, 5.74) is 14.1. The first-order valence-corrected chi connectivity index (χ1v) is 15.6. The standard InChI is InChI=1S/C43H31NO/c1-43(2)38-16-7-5-13-34(38)37-26-29(21-25-39(37)43)31-11-6-8-17-40(31)44-30-22-18-28(19-23-30)33-14-9-15-35-36-24-20-27-10-3-4-12-32(27)42(36)45-41(33)35/h3-26,44H,1-2H3. The molecule has 1 N–H and O–H groups in total. The van der Waals surface area contributed by atoms with Gasteiger partial charge in [-0.25, -0.2) is 0 Å². The molecule has 7 aromatic carbocycles. The van der Waals surface area contributed by atoms with Crippen LogP contribution in [-0.4, -0.2) is 0 Å². The molecule has 8 aromatic rings. The van der Waals surface area contributed by atoms with Crippen LogP contribution < -0.4 is 5.32 Å². The Hall–Kier alpha value is -5.60. The molecule has 45 heavy (non-hydrogen) atoms. The third-order valence-corrected chi connectivity index (χ3v) is 9.69. The zero-order valence-corrected chi connectivity index (χ0v) is 25.3. The quantitative estimate of drug-likeness (QED) is 0.225. The Kier molecular flexibility index (Phi) is 5.58. The first-order chi connectivity index (χ1) is 22.1. The molecule has 1 aliphatic carbocycles. The van der Waals surface area contributed by atoms with E-state index in [2.05, 4.69) is 165 Å². The van der Waals surface area contributed by atoms with E-state index in [1.54, 1.807) is 0 Å². The number of para-hydroxylation sites is 2. The average Bonchev–Trinajstić information content (AvgIpc) is 3.58. The fourth-order valence-corrected chi connectivity index (χ4v) is 7.37. The zero-order valence-electron chi connectivity index (χ0n) is 25.3. The van der Waals surface area contributed by atoms with Gasteiger partial charge < -0.3 is 9.73 Å². The molecular formula is C43H31NO. The second-order valence-corrected chi connectivity index (χ2v) is 12.6. The van der Waals surface area contributed by atoms with Gasteiger partial charge in [0.1, 0.15) is 11.2 Å². The Balaban J connectivity index is 1.06. The van der Waals surface area contributed by atoms with Crippen molar-refractivity contribution in [1.29, 1.82) is 0 Å². The molecule has 0 bridgehead atoms. The molecule has 0 atom stereocenters. The summed E-state index contributed by atoms with van der Waals surface area (Å²) in [4.78, 5) is 0. The lowest BCUT2D eigenvalue weighted by atomic mass is 9.82. The maximum atomic E-state index is 6.59. The Labute approximate surface area is 262 Å². The van der Waals surface area contributed by atoms with E-state index in [0.717, 1.165) is 49.8 Å². The van der Waals surface area contributed by atoms with Gasteiger partial charge in [0, 0.05) is 44.1 Å². The fraction of sp³-hybridized carbons (Fsp3) is 0.0698. The number of rotatable bonds is 4. The molecule has 2 nitrogen and oxygen atoms in total. The van der Waals surface area contributed by atoms with Gasteiger partial charge in [0.2, 0.25) is 0 Å². The Morgan fingerprint density at radius 1 is 0.467 bits per heavy atom. The van der Waals surface area contributed by atoms with Crippen LogP contribution in [0.3, 0.4) is 0 Å². The molecule has 214 valence electrons. The van der Waals surface area contributed by atoms with Gasteiger partial charge in [0.25, 0.3) is 0 Å². The predicted molar refractivity (Wildman–Crippen MR) is 189 cm³/mol. The van der Waals surface area contributed by atoms with Crippen molar-refractivity contribution in [2.45, 2.75) is 19.3 Å². The Bertz CT molecular complexity index is 2430. The second-order valence-electron chi connectivity index (χ2n) is 12.6. The molecule has 0 saturated carbocycles. The second kappa shape index (κ2) is 9.70. The third kappa shape index (κ3) is 3.96. The summed E-state index contributed by atoms with van der Waals surface area (Å²) in [6, 6.07) is 52.2. The zero-order chi connectivity index (χ0) is 30.1. The first-order valence-electron chi connectivity index (χ1n) is 15.6. The number of nitrogens with one attached hydrogen (secondary N) is 1. The van der Waals surface area contributed by atoms with E-state index in [1.807, 2.05) is 0 Å². The Morgan fingerprint density at radius 3 is 2.02 bits per heavy atom. The van der Waals surface area contributed by atoms with Crippen molar-refractivity contribution in [2.24, 2.45) is 0 Å². The van der Waals surface area contributed by atoms with Gasteiger partial charge in [0.05, 0.1) is 0 Å². The minimum atomic E-state index is 0.00442. The third-order valence-electron chi connectivity index (χ3n) is 9.69. The minimum absolute atomic E-state index is 0.00442. The van der Waals surface area contributed by atoms with Gasteiger partial charge in [-0.3, -0.25) is 0 Å². The van der Waals surface area contributed by atoms with E-state index in [9.17, 15) is 0 Å². The number of anilines is 2. The van der Waals surface area contributed by atoms with Crippen LogP contribution in [0.5, 0.6) is 0 Å². The molecule has 0 spiro atoms. The molecule has 9 rings (SSSR count). The molecule has 1 aliphatic rings. The van der Waals surface area contributed by atoms with Crippen molar-refractivity contribution in [1.82, 2.24) is 0 Å². The first kappa shape index (κ1) is 25.9. The topological polar surface area (TPSA) is 25.2 Å². The molecule has 0 saturated heterocycles. The Morgan fingerprint density at radius 2 is 1.13 bits per heavy atom. The molecule has 1 heterocycles. The summed E-state index contributed by atoms with van der Waals surface area (Å²) in [5, 5.41) is 8.34. The van der Waals surface area contributed by atoms with Crippen molar-refractivity contribution in [3.8, 4) is 33.4 Å². The maximum Gasteiger partial charge on any atom is 0.143 e. The number of furan rings is 1. The van der Waals surface area contributed by atoms with Crippen LogP contribution in [0.25, 0.3) is 66.1 Å². The lowest BCUT2D eigenvalue weighted by Crippen LogP contribution is -2.14. The van der Waals surface area contributed by atoms with Crippen LogP contribution >= 0.6 is 0 Å². The van der Waals surface area contributed by atoms with Crippen molar-refractivity contribution in [3.63, 3.8) is 0 Å². The lowest BCUT2D eigenvalue weighted by Gasteiger charge is -2.21. The van der Waals surface area contributed by atoms with Crippen LogP contribution in [0.1, 0.15) is 25.0 Å². The van der Waals surface area contributed by atoms with E-state index in [1.165, 1.54) is 38.8 Å². The fourth-order valence-electron chi connectivity index (χ4n) is 7.37. The van der Waals surface area contributed by atoms with E-state index >= 15 is 0 Å². The largest absolute Gasteiger partial charge is 0.455 e. The van der Waals surface area contributed by atoms with Gasteiger partial charge in [-0.05, 0) is 69.1 Å². The van der Waals surface area contributed by atoms with Crippen LogP contribution in [0.2, 0.25) is 0 Å². The highest BCUT2D eigenvalue weighted by Crippen LogP contribution is 2.50. The van der Waals surface area contributed by atoms with Crippen molar-refractivity contribution >= 4 is 44.1 Å². The number of fused-ring (bicyclic) bond motifs is 8. The van der Waals surface area contributed by atoms with Crippen molar-refractivity contribution < 1.29 is 4.42 Å². The summed E-state index contributed by atoms with van der Waals surface area (Å²) < 4.78 is 6.59. The maximum absolute atomic E-state index is 6.59. The van der Waals surface area contributed by atoms with Crippen LogP contribution in [0.15, 0.2) is 150 Å². The highest BCUT2D eigenvalue weighted by atomic mass is 16.3. The van der Waals surface area contributed by atoms with Crippen LogP contribution in [0, 0.1) is 0 Å². The van der Waals surface area contributed by atoms with Gasteiger partial charge >= 0.3 is 0 Å². The average molecular weight is 578 g/mol. The monoisotopic (exact) mass is 577 g/mol. The summed E-state index contributed by atoms with van der Waals surface area (Å²) in [5.74, 6) is 0. The van der Waals surface area contributed by atoms with Gasteiger partial charge in [-0.1, -0.05) is 129 Å². The van der Waals surface area contributed by atoms with Gasteiger partial charge in [0.15, 0.2) is 0 Å². The highest BCUT2D eigenvalue weighted by molar-refractivity contribution is 6.17. The number of benzene rings is 7. The van der Waals surface area contributed by atoms with Crippen molar-refractivity contribution in [3.05, 3.63) is 157 Å². The minimum Gasteiger partial charge on any atom is -0.455 e. The van der Waals surface area contributed by atoms with Gasteiger partial charge in [-0.15, -0.1) is 0 Å². The van der Waals surface area contributed by atoms with Gasteiger partial charge in [-0.2, -0.15) is 0 Å². The molecule has 0 aliphatic heterocycles. The molecule has 0 radical (unpaired) electrons. The normalized spacial score (nSPS) is 13.3. The number of hydrogen-bond donors (Lipinski definition) is 1. The lowest BCUT2D eigenvalue weighted by molar-refractivity contribution is 0.660. The smallest absolute Gasteiger partial charge is 0.143 e. The highest BCUT2D eigenvalue weighted by Gasteiger charge is 2.35. The van der Waals surface area contributed by atoms with E-state index in [0.29, 0.717) is 0 Å². The molecule has 2 heteroatoms. The summed E-state index contributed by atoms with van der Waals surface area (Å²) in [6.07, 6.45) is 0. The summed E-state index contributed by atoms with van der Waals surface area (Å²) in [6.45, 7) is 4.65. The van der Waals surface area contributed by atoms with E-state index in [-0.39, 0.29) is 5.41 Å².